The van der Waals surface area contributed by atoms with Gasteiger partial charge in [-0.3, -0.25) is 25.2 Å². The molecule has 5 aromatic rings. The van der Waals surface area contributed by atoms with Crippen LogP contribution in [-0.2, 0) is 13.1 Å². The van der Waals surface area contributed by atoms with E-state index in [-0.39, 0.29) is 11.3 Å². The quantitative estimate of drug-likeness (QED) is 0.348. The fraction of sp³-hybridized carbons (Fsp3) is 0.185. The summed E-state index contributed by atoms with van der Waals surface area (Å²) in [5, 5.41) is 9.99. The summed E-state index contributed by atoms with van der Waals surface area (Å²) in [7, 11) is 0. The molecule has 0 fully saturated rings. The summed E-state index contributed by atoms with van der Waals surface area (Å²) in [4.78, 5) is 43.9. The number of benzene rings is 2. The van der Waals surface area contributed by atoms with Crippen LogP contribution in [0.3, 0.4) is 0 Å². The van der Waals surface area contributed by atoms with Gasteiger partial charge >= 0.3 is 0 Å². The van der Waals surface area contributed by atoms with Crippen LogP contribution in [0.4, 0.5) is 0 Å². The molecule has 0 aliphatic rings. The SMILES string of the molecule is CCCn1nc(C(=O)NNC(=O)c2cc(-c3ccccc3)nc3c2cnn3CC)c2ccccc2c1=O. The zero-order valence-corrected chi connectivity index (χ0v) is 20.4. The highest BCUT2D eigenvalue weighted by Crippen LogP contribution is 2.25. The average molecular weight is 496 g/mol. The van der Waals surface area contributed by atoms with Gasteiger partial charge in [-0.1, -0.05) is 55.5 Å². The van der Waals surface area contributed by atoms with Crippen LogP contribution in [0.5, 0.6) is 0 Å². The first kappa shape index (κ1) is 23.9. The molecule has 3 aromatic heterocycles. The van der Waals surface area contributed by atoms with E-state index in [0.717, 1.165) is 5.56 Å². The summed E-state index contributed by atoms with van der Waals surface area (Å²) in [5.41, 5.74) is 7.08. The fourth-order valence-electron chi connectivity index (χ4n) is 4.23. The molecule has 0 aliphatic heterocycles. The van der Waals surface area contributed by atoms with Crippen LogP contribution in [0, 0.1) is 0 Å². The summed E-state index contributed by atoms with van der Waals surface area (Å²) in [6, 6.07) is 18.0. The van der Waals surface area contributed by atoms with E-state index >= 15 is 0 Å². The molecule has 2 aromatic carbocycles. The number of carbonyl (C=O) groups excluding carboxylic acids is 2. The summed E-state index contributed by atoms with van der Waals surface area (Å²) < 4.78 is 2.99. The maximum atomic E-state index is 13.3. The highest BCUT2D eigenvalue weighted by molar-refractivity contribution is 6.09. The third kappa shape index (κ3) is 4.44. The van der Waals surface area contributed by atoms with Crippen molar-refractivity contribution >= 4 is 33.6 Å². The van der Waals surface area contributed by atoms with Crippen molar-refractivity contribution in [2.45, 2.75) is 33.4 Å². The number of fused-ring (bicyclic) bond motifs is 2. The second-order valence-electron chi connectivity index (χ2n) is 8.45. The molecule has 2 N–H and O–H groups in total. The first-order valence-electron chi connectivity index (χ1n) is 12.0. The van der Waals surface area contributed by atoms with Gasteiger partial charge in [0.25, 0.3) is 17.4 Å². The Morgan fingerprint density at radius 2 is 1.57 bits per heavy atom. The Balaban J connectivity index is 1.48. The Labute approximate surface area is 211 Å². The summed E-state index contributed by atoms with van der Waals surface area (Å²) in [5.74, 6) is -1.16. The van der Waals surface area contributed by atoms with Gasteiger partial charge in [0.15, 0.2) is 11.3 Å². The second-order valence-corrected chi connectivity index (χ2v) is 8.45. The number of hydrogen-bond donors (Lipinski definition) is 2. The van der Waals surface area contributed by atoms with Crippen molar-refractivity contribution < 1.29 is 9.59 Å². The van der Waals surface area contributed by atoms with E-state index in [0.29, 0.717) is 52.6 Å². The van der Waals surface area contributed by atoms with Crippen molar-refractivity contribution in [2.75, 3.05) is 0 Å². The van der Waals surface area contributed by atoms with Gasteiger partial charge in [-0.25, -0.2) is 14.3 Å². The normalized spacial score (nSPS) is 11.1. The molecular weight excluding hydrogens is 470 g/mol. The molecule has 37 heavy (non-hydrogen) atoms. The molecule has 0 bridgehead atoms. The zero-order valence-electron chi connectivity index (χ0n) is 20.4. The van der Waals surface area contributed by atoms with Crippen molar-refractivity contribution in [1.29, 1.82) is 0 Å². The molecule has 5 rings (SSSR count). The van der Waals surface area contributed by atoms with E-state index in [1.807, 2.05) is 44.2 Å². The van der Waals surface area contributed by atoms with Crippen molar-refractivity contribution in [3.8, 4) is 11.3 Å². The van der Waals surface area contributed by atoms with Gasteiger partial charge in [-0.05, 0) is 25.5 Å². The van der Waals surface area contributed by atoms with Gasteiger partial charge in [-0.15, -0.1) is 0 Å². The standard InChI is InChI=1S/C27H25N7O3/c1-3-14-34-27(37)19-13-9-8-12-18(19)23(32-34)26(36)31-30-25(35)20-15-22(17-10-6-5-7-11-17)29-24-21(20)16-28-33(24)4-2/h5-13,15-16H,3-4,14H2,1-2H3,(H,30,35)(H,31,36). The summed E-state index contributed by atoms with van der Waals surface area (Å²) >= 11 is 0. The molecule has 0 radical (unpaired) electrons. The number of carbonyl (C=O) groups is 2. The van der Waals surface area contributed by atoms with Crippen LogP contribution in [0.25, 0.3) is 33.1 Å². The van der Waals surface area contributed by atoms with Crippen LogP contribution in [0.2, 0.25) is 0 Å². The van der Waals surface area contributed by atoms with Crippen molar-refractivity contribution in [3.05, 3.63) is 88.5 Å². The number of amides is 2. The molecule has 0 saturated heterocycles. The average Bonchev–Trinajstić information content (AvgIpc) is 3.36. The predicted octanol–water partition coefficient (Wildman–Crippen LogP) is 3.31. The molecule has 186 valence electrons. The number of nitrogens with zero attached hydrogens (tertiary/aromatic N) is 5. The fourth-order valence-corrected chi connectivity index (χ4v) is 4.23. The Morgan fingerprint density at radius 3 is 2.30 bits per heavy atom. The number of aromatic nitrogens is 5. The molecule has 2 amide bonds. The first-order valence-corrected chi connectivity index (χ1v) is 12.0. The maximum absolute atomic E-state index is 13.3. The molecule has 0 atom stereocenters. The summed E-state index contributed by atoms with van der Waals surface area (Å²) in [6.07, 6.45) is 2.27. The van der Waals surface area contributed by atoms with Crippen molar-refractivity contribution in [3.63, 3.8) is 0 Å². The number of hydrazine groups is 1. The lowest BCUT2D eigenvalue weighted by Crippen LogP contribution is -2.43. The number of aryl methyl sites for hydroxylation is 2. The molecule has 10 nitrogen and oxygen atoms in total. The van der Waals surface area contributed by atoms with Gasteiger partial charge in [-0.2, -0.15) is 10.2 Å². The van der Waals surface area contributed by atoms with Crippen LogP contribution in [0.15, 0.2) is 71.7 Å². The lowest BCUT2D eigenvalue weighted by atomic mass is 10.1. The number of pyridine rings is 1. The van der Waals surface area contributed by atoms with Gasteiger partial charge in [0, 0.05) is 24.0 Å². The molecule has 3 heterocycles. The van der Waals surface area contributed by atoms with Gasteiger partial charge in [0.05, 0.1) is 28.2 Å². The molecule has 0 aliphatic carbocycles. The van der Waals surface area contributed by atoms with Gasteiger partial charge in [0.1, 0.15) is 0 Å². The van der Waals surface area contributed by atoms with E-state index in [4.69, 9.17) is 4.98 Å². The third-order valence-electron chi connectivity index (χ3n) is 6.03. The molecule has 0 saturated carbocycles. The van der Waals surface area contributed by atoms with E-state index in [9.17, 15) is 14.4 Å². The number of nitrogens with one attached hydrogen (secondary N) is 2. The van der Waals surface area contributed by atoms with Crippen LogP contribution in [0.1, 0.15) is 41.1 Å². The van der Waals surface area contributed by atoms with E-state index in [2.05, 4.69) is 21.0 Å². The number of rotatable bonds is 6. The van der Waals surface area contributed by atoms with E-state index < -0.39 is 11.8 Å². The van der Waals surface area contributed by atoms with Crippen LogP contribution in [-0.4, -0.2) is 36.4 Å². The largest absolute Gasteiger partial charge is 0.290 e. The maximum Gasteiger partial charge on any atom is 0.290 e. The minimum absolute atomic E-state index is 0.0487. The van der Waals surface area contributed by atoms with E-state index in [1.165, 1.54) is 4.68 Å². The minimum Gasteiger partial charge on any atom is -0.267 e. The Hall–Kier alpha value is -4.86. The molecule has 0 spiro atoms. The lowest BCUT2D eigenvalue weighted by Gasteiger charge is -2.12. The van der Waals surface area contributed by atoms with Crippen molar-refractivity contribution in [2.24, 2.45) is 0 Å². The van der Waals surface area contributed by atoms with Crippen LogP contribution < -0.4 is 16.4 Å². The Bertz CT molecular complexity index is 1690. The van der Waals surface area contributed by atoms with Gasteiger partial charge in [0.2, 0.25) is 0 Å². The predicted molar refractivity (Wildman–Crippen MR) is 140 cm³/mol. The zero-order chi connectivity index (χ0) is 25.9. The van der Waals surface area contributed by atoms with E-state index in [1.54, 1.807) is 41.2 Å². The van der Waals surface area contributed by atoms with Gasteiger partial charge < -0.3 is 0 Å². The third-order valence-corrected chi connectivity index (χ3v) is 6.03. The van der Waals surface area contributed by atoms with Crippen LogP contribution >= 0.6 is 0 Å². The topological polar surface area (TPSA) is 124 Å². The molecule has 10 heteroatoms. The first-order chi connectivity index (χ1) is 18.0. The smallest absolute Gasteiger partial charge is 0.267 e. The molecular formula is C27H25N7O3. The second kappa shape index (κ2) is 10.0. The monoisotopic (exact) mass is 495 g/mol. The molecule has 0 unspecified atom stereocenters. The number of hydrogen-bond acceptors (Lipinski definition) is 6. The highest BCUT2D eigenvalue weighted by atomic mass is 16.2. The highest BCUT2D eigenvalue weighted by Gasteiger charge is 2.20. The Kier molecular flexibility index (Phi) is 6.46. The van der Waals surface area contributed by atoms with Crippen molar-refractivity contribution in [1.82, 2.24) is 35.4 Å². The lowest BCUT2D eigenvalue weighted by molar-refractivity contribution is 0.0844. The Morgan fingerprint density at radius 1 is 0.865 bits per heavy atom. The minimum atomic E-state index is -0.632. The summed E-state index contributed by atoms with van der Waals surface area (Å²) in [6.45, 7) is 4.81.